The highest BCUT2D eigenvalue weighted by Crippen LogP contribution is 2.34. The minimum atomic E-state index is -3.59. The summed E-state index contributed by atoms with van der Waals surface area (Å²) in [6.07, 6.45) is 2.84. The van der Waals surface area contributed by atoms with Gasteiger partial charge in [-0.3, -0.25) is 4.79 Å². The van der Waals surface area contributed by atoms with E-state index in [1.165, 1.54) is 12.1 Å². The molecule has 1 saturated heterocycles. The van der Waals surface area contributed by atoms with Crippen LogP contribution in [-0.2, 0) is 14.6 Å². The lowest BCUT2D eigenvalue weighted by atomic mass is 9.94. The zero-order valence-corrected chi connectivity index (χ0v) is 16.2. The van der Waals surface area contributed by atoms with E-state index in [0.29, 0.717) is 43.9 Å². The third-order valence-corrected chi connectivity index (χ3v) is 7.10. The highest BCUT2D eigenvalue weighted by molar-refractivity contribution is 7.92. The van der Waals surface area contributed by atoms with Crippen LogP contribution < -0.4 is 15.4 Å². The Morgan fingerprint density at radius 1 is 1.35 bits per heavy atom. The molecule has 1 fully saturated rings. The van der Waals surface area contributed by atoms with E-state index in [1.807, 2.05) is 0 Å². The molecule has 2 aliphatic rings. The number of fused-ring (bicyclic) bond motifs is 1. The summed E-state index contributed by atoms with van der Waals surface area (Å²) in [6, 6.07) is 3.75. The van der Waals surface area contributed by atoms with Crippen LogP contribution >= 0.6 is 12.4 Å². The van der Waals surface area contributed by atoms with Crippen LogP contribution in [0.3, 0.4) is 0 Å². The number of halogens is 2. The fourth-order valence-electron chi connectivity index (χ4n) is 3.58. The van der Waals surface area contributed by atoms with Gasteiger partial charge >= 0.3 is 0 Å². The number of hydrogen-bond donors (Lipinski definition) is 2. The molecule has 146 valence electrons. The topological polar surface area (TPSA) is 84.5 Å². The summed E-state index contributed by atoms with van der Waals surface area (Å²) in [4.78, 5) is 13.0. The number of nitrogens with one attached hydrogen (secondary N) is 2. The van der Waals surface area contributed by atoms with Crippen LogP contribution in [-0.4, -0.2) is 45.0 Å². The van der Waals surface area contributed by atoms with Crippen molar-refractivity contribution in [2.45, 2.75) is 36.5 Å². The van der Waals surface area contributed by atoms with Crippen LogP contribution in [0.1, 0.15) is 37.3 Å². The average Bonchev–Trinajstić information content (AvgIpc) is 2.77. The van der Waals surface area contributed by atoms with E-state index >= 15 is 0 Å². The van der Waals surface area contributed by atoms with E-state index in [-0.39, 0.29) is 25.2 Å². The predicted octanol–water partition coefficient (Wildman–Crippen LogP) is 1.74. The number of hydrogen-bond acceptors (Lipinski definition) is 5. The number of carbonyl (C=O) groups excluding carboxylic acids is 1. The molecule has 0 radical (unpaired) electrons. The maximum Gasteiger partial charge on any atom is 0.242 e. The number of ether oxygens (including phenoxy) is 1. The van der Waals surface area contributed by atoms with Gasteiger partial charge in [0.2, 0.25) is 5.91 Å². The Kier molecular flexibility index (Phi) is 6.52. The fourth-order valence-corrected chi connectivity index (χ4v) is 4.93. The lowest BCUT2D eigenvalue weighted by molar-refractivity contribution is -0.125. The zero-order valence-electron chi connectivity index (χ0n) is 14.6. The molecule has 0 aromatic heterocycles. The van der Waals surface area contributed by atoms with Crippen LogP contribution in [0.5, 0.6) is 5.75 Å². The molecule has 3 rings (SSSR count). The molecule has 2 aliphatic heterocycles. The minimum Gasteiger partial charge on any atom is -0.493 e. The number of amides is 1. The Morgan fingerprint density at radius 3 is 2.69 bits per heavy atom. The van der Waals surface area contributed by atoms with Crippen LogP contribution in [0.2, 0.25) is 0 Å². The van der Waals surface area contributed by atoms with E-state index in [0.717, 1.165) is 6.26 Å². The van der Waals surface area contributed by atoms with Crippen LogP contribution in [0.15, 0.2) is 18.2 Å². The van der Waals surface area contributed by atoms with E-state index in [1.54, 1.807) is 6.07 Å². The van der Waals surface area contributed by atoms with Gasteiger partial charge in [0.1, 0.15) is 11.6 Å². The number of benzene rings is 1. The lowest BCUT2D eigenvalue weighted by Gasteiger charge is -2.35. The van der Waals surface area contributed by atoms with Crippen molar-refractivity contribution in [2.75, 3.05) is 26.0 Å². The summed E-state index contributed by atoms with van der Waals surface area (Å²) in [5.74, 6) is -0.385. The highest BCUT2D eigenvalue weighted by atomic mass is 35.5. The second kappa shape index (κ2) is 8.10. The first-order chi connectivity index (χ1) is 11.8. The Hall–Kier alpha value is -1.38. The Bertz CT molecular complexity index is 766. The van der Waals surface area contributed by atoms with Gasteiger partial charge in [0.25, 0.3) is 0 Å². The van der Waals surface area contributed by atoms with Crippen molar-refractivity contribution in [1.29, 1.82) is 0 Å². The summed E-state index contributed by atoms with van der Waals surface area (Å²) >= 11 is 0. The van der Waals surface area contributed by atoms with Crippen molar-refractivity contribution in [3.05, 3.63) is 29.6 Å². The maximum atomic E-state index is 13.7. The van der Waals surface area contributed by atoms with E-state index < -0.39 is 32.4 Å². The Morgan fingerprint density at radius 2 is 2.04 bits per heavy atom. The molecular formula is C17H24ClFN2O4S. The fraction of sp³-hybridized carbons (Fsp3) is 0.588. The number of carbonyl (C=O) groups is 1. The lowest BCUT2D eigenvalue weighted by Crippen LogP contribution is -2.57. The van der Waals surface area contributed by atoms with Gasteiger partial charge in [-0.2, -0.15) is 0 Å². The second-order valence-electron chi connectivity index (χ2n) is 6.72. The number of rotatable bonds is 3. The van der Waals surface area contributed by atoms with Crippen LogP contribution in [0.25, 0.3) is 0 Å². The maximum absolute atomic E-state index is 13.7. The minimum absolute atomic E-state index is 0. The van der Waals surface area contributed by atoms with Crippen LogP contribution in [0.4, 0.5) is 4.39 Å². The van der Waals surface area contributed by atoms with Gasteiger partial charge in [0.05, 0.1) is 12.6 Å². The predicted molar refractivity (Wildman–Crippen MR) is 98.9 cm³/mol. The average molecular weight is 407 g/mol. The molecule has 1 amide bonds. The van der Waals surface area contributed by atoms with Crippen LogP contribution in [0, 0.1) is 5.82 Å². The highest BCUT2D eigenvalue weighted by Gasteiger charge is 2.49. The molecule has 2 heterocycles. The summed E-state index contributed by atoms with van der Waals surface area (Å²) in [7, 11) is -3.59. The third kappa shape index (κ3) is 3.97. The summed E-state index contributed by atoms with van der Waals surface area (Å²) in [6.45, 7) is 1.42. The van der Waals surface area contributed by atoms with Crippen molar-refractivity contribution in [1.82, 2.24) is 10.6 Å². The standard InChI is InChI=1S/C17H23FN2O4S.ClH/c1-25(22,23)17(6-8-19-9-7-17)16(21)20-14-3-2-10-24-15-5-4-12(18)11-13(14)15;/h4-5,11,14,19H,2-3,6-10H2,1H3,(H,20,21);1H. The first-order valence-electron chi connectivity index (χ1n) is 8.47. The summed E-state index contributed by atoms with van der Waals surface area (Å²) in [5.41, 5.74) is 0.559. The molecule has 1 atom stereocenters. The molecule has 1 aromatic rings. The number of sulfone groups is 1. The summed E-state index contributed by atoms with van der Waals surface area (Å²) < 4.78 is 42.6. The Balaban J connectivity index is 0.00000243. The van der Waals surface area contributed by atoms with Crippen molar-refractivity contribution in [3.8, 4) is 5.75 Å². The smallest absolute Gasteiger partial charge is 0.242 e. The molecule has 1 unspecified atom stereocenters. The van der Waals surface area contributed by atoms with Gasteiger partial charge in [0, 0.05) is 11.8 Å². The molecule has 1 aromatic carbocycles. The normalized spacial score (nSPS) is 22.2. The SMILES string of the molecule is CS(=O)(=O)C1(C(=O)NC2CCCOc3ccc(F)cc32)CCNCC1.Cl. The molecule has 0 aliphatic carbocycles. The molecular weight excluding hydrogens is 383 g/mol. The molecule has 0 bridgehead atoms. The summed E-state index contributed by atoms with van der Waals surface area (Å²) in [5, 5.41) is 5.96. The quantitative estimate of drug-likeness (QED) is 0.798. The van der Waals surface area contributed by atoms with E-state index in [2.05, 4.69) is 10.6 Å². The molecule has 6 nitrogen and oxygen atoms in total. The van der Waals surface area contributed by atoms with Gasteiger partial charge in [-0.05, 0) is 57.0 Å². The van der Waals surface area contributed by atoms with Crippen molar-refractivity contribution in [3.63, 3.8) is 0 Å². The van der Waals surface area contributed by atoms with Gasteiger partial charge in [0.15, 0.2) is 14.6 Å². The van der Waals surface area contributed by atoms with E-state index in [4.69, 9.17) is 4.74 Å². The van der Waals surface area contributed by atoms with Gasteiger partial charge in [-0.1, -0.05) is 0 Å². The van der Waals surface area contributed by atoms with E-state index in [9.17, 15) is 17.6 Å². The molecule has 0 spiro atoms. The third-order valence-electron chi connectivity index (χ3n) is 5.08. The molecule has 26 heavy (non-hydrogen) atoms. The second-order valence-corrected chi connectivity index (χ2v) is 9.04. The monoisotopic (exact) mass is 406 g/mol. The first-order valence-corrected chi connectivity index (χ1v) is 10.4. The van der Waals surface area contributed by atoms with Gasteiger partial charge in [-0.15, -0.1) is 12.4 Å². The van der Waals surface area contributed by atoms with Gasteiger partial charge in [-0.25, -0.2) is 12.8 Å². The van der Waals surface area contributed by atoms with Gasteiger partial charge < -0.3 is 15.4 Å². The largest absolute Gasteiger partial charge is 0.493 e. The Labute approximate surface area is 159 Å². The first kappa shape index (κ1) is 20.9. The number of piperidine rings is 1. The zero-order chi connectivity index (χ0) is 18.1. The molecule has 9 heteroatoms. The van der Waals surface area contributed by atoms with Crippen molar-refractivity contribution < 1.29 is 22.3 Å². The van der Waals surface area contributed by atoms with Crippen molar-refractivity contribution in [2.24, 2.45) is 0 Å². The van der Waals surface area contributed by atoms with Crippen molar-refractivity contribution >= 4 is 28.2 Å². The molecule has 0 saturated carbocycles. The molecule has 2 N–H and O–H groups in total.